The van der Waals surface area contributed by atoms with Crippen molar-refractivity contribution in [3.63, 3.8) is 0 Å². The number of amides is 1. The number of anilines is 1. The Hall–Kier alpha value is -2.29. The normalized spacial score (nSPS) is 13.9. The molecule has 1 N–H and O–H groups in total. The lowest BCUT2D eigenvalue weighted by Crippen LogP contribution is -2.25. The van der Waals surface area contributed by atoms with Gasteiger partial charge in [0.1, 0.15) is 10.8 Å². The number of ether oxygens (including phenoxy) is 1. The average molecular weight is 415 g/mol. The number of rotatable bonds is 6. The second-order valence-electron chi connectivity index (χ2n) is 6.67. The molecule has 0 atom stereocenters. The third-order valence-corrected chi connectivity index (χ3v) is 6.40. The summed E-state index contributed by atoms with van der Waals surface area (Å²) in [5.41, 5.74) is 2.82. The first-order chi connectivity index (χ1) is 13.6. The summed E-state index contributed by atoms with van der Waals surface area (Å²) < 4.78 is 5.69. The van der Waals surface area contributed by atoms with Gasteiger partial charge >= 0.3 is 0 Å². The molecule has 146 valence electrons. The third kappa shape index (κ3) is 4.24. The molecule has 1 aliphatic rings. The van der Waals surface area contributed by atoms with E-state index in [-0.39, 0.29) is 12.3 Å². The Morgan fingerprint density at radius 2 is 2.18 bits per heavy atom. The molecular weight excluding hydrogens is 392 g/mol. The number of benzene rings is 1. The summed E-state index contributed by atoms with van der Waals surface area (Å²) in [5.74, 6) is 0.725. The van der Waals surface area contributed by atoms with Crippen LogP contribution in [0.25, 0.3) is 10.6 Å². The van der Waals surface area contributed by atoms with E-state index in [4.69, 9.17) is 4.74 Å². The first-order valence-electron chi connectivity index (χ1n) is 9.26. The van der Waals surface area contributed by atoms with Gasteiger partial charge in [-0.2, -0.15) is 0 Å². The molecule has 8 heteroatoms. The van der Waals surface area contributed by atoms with E-state index in [0.717, 1.165) is 47.2 Å². The number of likely N-dealkylation sites (N-methyl/N-ethyl adjacent to an activating group) is 1. The van der Waals surface area contributed by atoms with Crippen LogP contribution >= 0.6 is 22.7 Å². The van der Waals surface area contributed by atoms with Crippen molar-refractivity contribution in [2.75, 3.05) is 25.5 Å². The fraction of sp³-hybridized carbons (Fsp3) is 0.350. The van der Waals surface area contributed by atoms with Gasteiger partial charge in [0.05, 0.1) is 30.0 Å². The summed E-state index contributed by atoms with van der Waals surface area (Å²) in [6.45, 7) is 4.47. The molecule has 3 aromatic rings. The highest BCUT2D eigenvalue weighted by atomic mass is 32.1. The van der Waals surface area contributed by atoms with Crippen molar-refractivity contribution in [3.05, 3.63) is 45.9 Å². The summed E-state index contributed by atoms with van der Waals surface area (Å²) in [7, 11) is 2.10. The second-order valence-corrected chi connectivity index (χ2v) is 8.62. The summed E-state index contributed by atoms with van der Waals surface area (Å²) in [6, 6.07) is 7.84. The van der Waals surface area contributed by atoms with Gasteiger partial charge in [0.2, 0.25) is 5.91 Å². The van der Waals surface area contributed by atoms with E-state index in [1.54, 1.807) is 11.3 Å². The van der Waals surface area contributed by atoms with Gasteiger partial charge in [-0.3, -0.25) is 4.79 Å². The van der Waals surface area contributed by atoms with Crippen LogP contribution in [-0.2, 0) is 24.2 Å². The van der Waals surface area contributed by atoms with Crippen molar-refractivity contribution in [2.24, 2.45) is 0 Å². The molecule has 0 saturated carbocycles. The Bertz CT molecular complexity index is 982. The van der Waals surface area contributed by atoms with Gasteiger partial charge in [-0.05, 0) is 26.1 Å². The fourth-order valence-electron chi connectivity index (χ4n) is 3.14. The van der Waals surface area contributed by atoms with E-state index in [2.05, 4.69) is 27.2 Å². The maximum absolute atomic E-state index is 12.5. The molecular formula is C20H22N4O2S2. The van der Waals surface area contributed by atoms with Crippen molar-refractivity contribution in [3.8, 4) is 16.3 Å². The number of carbonyl (C=O) groups is 1. The largest absolute Gasteiger partial charge is 0.493 e. The van der Waals surface area contributed by atoms with Gasteiger partial charge in [0.15, 0.2) is 5.13 Å². The molecule has 28 heavy (non-hydrogen) atoms. The molecule has 1 amide bonds. The topological polar surface area (TPSA) is 67.3 Å². The molecule has 1 aromatic carbocycles. The number of nitrogens with one attached hydrogen (secondary N) is 1. The maximum Gasteiger partial charge on any atom is 0.232 e. The zero-order valence-electron chi connectivity index (χ0n) is 15.9. The predicted octanol–water partition coefficient (Wildman–Crippen LogP) is 3.83. The smallest absolute Gasteiger partial charge is 0.232 e. The van der Waals surface area contributed by atoms with E-state index in [1.807, 2.05) is 36.6 Å². The number of aromatic nitrogens is 2. The lowest BCUT2D eigenvalue weighted by atomic mass is 10.2. The van der Waals surface area contributed by atoms with Crippen LogP contribution in [0.3, 0.4) is 0 Å². The third-order valence-electron chi connectivity index (χ3n) is 4.48. The van der Waals surface area contributed by atoms with Gasteiger partial charge < -0.3 is 15.0 Å². The molecule has 3 heterocycles. The Morgan fingerprint density at radius 1 is 1.32 bits per heavy atom. The minimum atomic E-state index is -0.0885. The van der Waals surface area contributed by atoms with E-state index in [0.29, 0.717) is 11.7 Å². The quantitative estimate of drug-likeness (QED) is 0.664. The molecule has 1 aliphatic heterocycles. The van der Waals surface area contributed by atoms with Crippen molar-refractivity contribution in [1.82, 2.24) is 14.9 Å². The van der Waals surface area contributed by atoms with Crippen LogP contribution in [0.15, 0.2) is 29.6 Å². The molecule has 2 aromatic heterocycles. The Kier molecular flexibility index (Phi) is 5.70. The van der Waals surface area contributed by atoms with E-state index >= 15 is 0 Å². The number of carbonyl (C=O) groups excluding carboxylic acids is 1. The van der Waals surface area contributed by atoms with Gasteiger partial charge in [0, 0.05) is 29.8 Å². The van der Waals surface area contributed by atoms with Crippen LogP contribution in [0.4, 0.5) is 5.13 Å². The van der Waals surface area contributed by atoms with E-state index in [9.17, 15) is 4.79 Å². The lowest BCUT2D eigenvalue weighted by molar-refractivity contribution is -0.115. The Balaban J connectivity index is 1.42. The van der Waals surface area contributed by atoms with Gasteiger partial charge in [0.25, 0.3) is 0 Å². The molecule has 0 aliphatic carbocycles. The van der Waals surface area contributed by atoms with Gasteiger partial charge in [-0.25, -0.2) is 9.97 Å². The molecule has 0 unspecified atom stereocenters. The first-order valence-corrected chi connectivity index (χ1v) is 11.0. The number of fused-ring (bicyclic) bond motifs is 1. The van der Waals surface area contributed by atoms with Crippen molar-refractivity contribution < 1.29 is 9.53 Å². The zero-order valence-corrected chi connectivity index (χ0v) is 17.5. The van der Waals surface area contributed by atoms with Crippen molar-refractivity contribution in [2.45, 2.75) is 26.3 Å². The fourth-order valence-corrected chi connectivity index (χ4v) is 5.09. The summed E-state index contributed by atoms with van der Waals surface area (Å²) in [4.78, 5) is 25.2. The summed E-state index contributed by atoms with van der Waals surface area (Å²) in [6.07, 6.45) is 1.17. The molecule has 6 nitrogen and oxygen atoms in total. The second kappa shape index (κ2) is 8.38. The molecule has 0 fully saturated rings. The summed E-state index contributed by atoms with van der Waals surface area (Å²) >= 11 is 3.09. The Labute approximate surface area is 172 Å². The number of nitrogens with zero attached hydrogens (tertiary/aromatic N) is 3. The van der Waals surface area contributed by atoms with Crippen LogP contribution in [0.1, 0.15) is 23.2 Å². The minimum absolute atomic E-state index is 0.0885. The first kappa shape index (κ1) is 19.0. The molecule has 0 spiro atoms. The highest BCUT2D eigenvalue weighted by Crippen LogP contribution is 2.32. The van der Waals surface area contributed by atoms with Gasteiger partial charge in [-0.15, -0.1) is 22.7 Å². The molecule has 0 bridgehead atoms. The van der Waals surface area contributed by atoms with Crippen molar-refractivity contribution in [1.29, 1.82) is 0 Å². The highest BCUT2D eigenvalue weighted by Gasteiger charge is 2.19. The monoisotopic (exact) mass is 414 g/mol. The van der Waals surface area contributed by atoms with Crippen LogP contribution in [-0.4, -0.2) is 41.0 Å². The molecule has 4 rings (SSSR count). The number of hydrogen-bond donors (Lipinski definition) is 1. The average Bonchev–Trinajstić information content (AvgIpc) is 3.28. The molecule has 0 radical (unpaired) electrons. The predicted molar refractivity (Wildman–Crippen MR) is 113 cm³/mol. The Morgan fingerprint density at radius 3 is 3.04 bits per heavy atom. The SMILES string of the molecule is CCOc1ccccc1-c1nc(CC(=O)Nc2nc3c(s2)CN(C)CC3)cs1. The number of hydrogen-bond acceptors (Lipinski definition) is 7. The lowest BCUT2D eigenvalue weighted by Gasteiger charge is -2.20. The van der Waals surface area contributed by atoms with Crippen LogP contribution < -0.4 is 10.1 Å². The van der Waals surface area contributed by atoms with E-state index in [1.165, 1.54) is 16.2 Å². The van der Waals surface area contributed by atoms with Gasteiger partial charge in [-0.1, -0.05) is 12.1 Å². The molecule has 0 saturated heterocycles. The maximum atomic E-state index is 12.5. The zero-order chi connectivity index (χ0) is 19.5. The van der Waals surface area contributed by atoms with Crippen molar-refractivity contribution >= 4 is 33.7 Å². The summed E-state index contributed by atoms with van der Waals surface area (Å²) in [5, 5.41) is 6.41. The van der Waals surface area contributed by atoms with Crippen LogP contribution in [0, 0.1) is 0 Å². The number of para-hydroxylation sites is 1. The van der Waals surface area contributed by atoms with Crippen LogP contribution in [0.5, 0.6) is 5.75 Å². The highest BCUT2D eigenvalue weighted by molar-refractivity contribution is 7.15. The standard InChI is InChI=1S/C20H22N4O2S2/c1-3-26-16-7-5-4-6-14(16)19-21-13(12-27-19)10-18(25)23-20-22-15-8-9-24(2)11-17(15)28-20/h4-7,12H,3,8-11H2,1-2H3,(H,22,23,25). The van der Waals surface area contributed by atoms with Crippen LogP contribution in [0.2, 0.25) is 0 Å². The van der Waals surface area contributed by atoms with E-state index < -0.39 is 0 Å². The number of thiazole rings is 2. The minimum Gasteiger partial charge on any atom is -0.493 e.